The highest BCUT2D eigenvalue weighted by Crippen LogP contribution is 2.49. The largest absolute Gasteiger partial charge is 0.310 e. The molecule has 0 aromatic rings. The molecule has 0 aromatic carbocycles. The Hall–Kier alpha value is -0.0400. The topological polar surface area (TPSA) is 12.0 Å². The van der Waals surface area contributed by atoms with Gasteiger partial charge in [-0.1, -0.05) is 19.8 Å². The molecule has 1 heterocycles. The van der Waals surface area contributed by atoms with Crippen LogP contribution in [0, 0.1) is 5.41 Å². The van der Waals surface area contributed by atoms with Crippen molar-refractivity contribution in [2.75, 3.05) is 6.54 Å². The minimum Gasteiger partial charge on any atom is -0.310 e. The van der Waals surface area contributed by atoms with E-state index >= 15 is 0 Å². The second-order valence-electron chi connectivity index (χ2n) is 4.45. The summed E-state index contributed by atoms with van der Waals surface area (Å²) in [4.78, 5) is 0. The van der Waals surface area contributed by atoms with Gasteiger partial charge < -0.3 is 5.32 Å². The molecule has 0 amide bonds. The number of rotatable bonds is 0. The fourth-order valence-electron chi connectivity index (χ4n) is 2.44. The summed E-state index contributed by atoms with van der Waals surface area (Å²) in [7, 11) is 0. The summed E-state index contributed by atoms with van der Waals surface area (Å²) in [6, 6.07) is 0. The first-order valence-electron chi connectivity index (χ1n) is 4.41. The van der Waals surface area contributed by atoms with Gasteiger partial charge in [0.25, 0.3) is 0 Å². The van der Waals surface area contributed by atoms with Crippen LogP contribution in [0.25, 0.3) is 0 Å². The van der Waals surface area contributed by atoms with Gasteiger partial charge in [-0.15, -0.1) is 0 Å². The van der Waals surface area contributed by atoms with Gasteiger partial charge in [-0.2, -0.15) is 0 Å². The van der Waals surface area contributed by atoms with Crippen molar-refractivity contribution in [3.63, 3.8) is 0 Å². The van der Waals surface area contributed by atoms with Gasteiger partial charge in [0.15, 0.2) is 0 Å². The quantitative estimate of drug-likeness (QED) is 0.540. The molecule has 58 valence electrons. The normalized spacial score (nSPS) is 53.4. The van der Waals surface area contributed by atoms with Crippen LogP contribution >= 0.6 is 0 Å². The first-order valence-corrected chi connectivity index (χ1v) is 4.41. The number of fused-ring (bicyclic) bond motifs is 1. The van der Waals surface area contributed by atoms with Gasteiger partial charge in [0, 0.05) is 12.1 Å². The molecular formula is C9H17N. The fraction of sp³-hybridized carbons (Fsp3) is 1.00. The van der Waals surface area contributed by atoms with Gasteiger partial charge >= 0.3 is 0 Å². The molecule has 2 aliphatic rings. The van der Waals surface area contributed by atoms with Crippen molar-refractivity contribution >= 4 is 0 Å². The zero-order valence-corrected chi connectivity index (χ0v) is 7.04. The van der Waals surface area contributed by atoms with E-state index < -0.39 is 0 Å². The molecule has 1 N–H and O–H groups in total. The van der Waals surface area contributed by atoms with Crippen molar-refractivity contribution in [2.24, 2.45) is 5.41 Å². The zero-order chi connectivity index (χ0) is 7.24. The summed E-state index contributed by atoms with van der Waals surface area (Å²) in [6.45, 7) is 6.07. The third-order valence-corrected chi connectivity index (χ3v) is 3.86. The maximum Gasteiger partial charge on any atom is 0.0219 e. The van der Waals surface area contributed by atoms with Gasteiger partial charge in [-0.05, 0) is 25.2 Å². The van der Waals surface area contributed by atoms with Crippen molar-refractivity contribution in [3.8, 4) is 0 Å². The minimum absolute atomic E-state index is 0.505. The first kappa shape index (κ1) is 6.66. The summed E-state index contributed by atoms with van der Waals surface area (Å²) in [5, 5.41) is 3.56. The van der Waals surface area contributed by atoms with E-state index in [2.05, 4.69) is 19.2 Å². The Bertz CT molecular complexity index is 137. The Morgan fingerprint density at radius 2 is 1.80 bits per heavy atom. The monoisotopic (exact) mass is 139 g/mol. The minimum atomic E-state index is 0.505. The molecule has 0 radical (unpaired) electrons. The fourth-order valence-corrected chi connectivity index (χ4v) is 2.44. The highest BCUT2D eigenvalue weighted by Gasteiger charge is 2.52. The van der Waals surface area contributed by atoms with Crippen LogP contribution in [-0.4, -0.2) is 12.1 Å². The summed E-state index contributed by atoms with van der Waals surface area (Å²) < 4.78 is 0. The molecule has 1 heteroatoms. The Morgan fingerprint density at radius 1 is 1.10 bits per heavy atom. The van der Waals surface area contributed by atoms with Gasteiger partial charge in [-0.3, -0.25) is 0 Å². The van der Waals surface area contributed by atoms with Crippen molar-refractivity contribution in [1.29, 1.82) is 0 Å². The van der Waals surface area contributed by atoms with Crippen molar-refractivity contribution in [2.45, 2.75) is 45.1 Å². The molecule has 1 saturated heterocycles. The van der Waals surface area contributed by atoms with Gasteiger partial charge in [0.1, 0.15) is 0 Å². The summed E-state index contributed by atoms with van der Waals surface area (Å²) in [6.07, 6.45) is 5.72. The van der Waals surface area contributed by atoms with E-state index in [1.807, 2.05) is 0 Å². The van der Waals surface area contributed by atoms with E-state index in [9.17, 15) is 0 Å². The molecule has 2 fully saturated rings. The van der Waals surface area contributed by atoms with E-state index in [1.54, 1.807) is 0 Å². The number of hydrogen-bond acceptors (Lipinski definition) is 1. The average molecular weight is 139 g/mol. The van der Waals surface area contributed by atoms with Crippen molar-refractivity contribution in [3.05, 3.63) is 0 Å². The molecule has 0 unspecified atom stereocenters. The van der Waals surface area contributed by atoms with E-state index in [-0.39, 0.29) is 0 Å². The van der Waals surface area contributed by atoms with Crippen LogP contribution in [0.1, 0.15) is 39.5 Å². The predicted molar refractivity (Wildman–Crippen MR) is 43.0 cm³/mol. The maximum atomic E-state index is 3.56. The summed E-state index contributed by atoms with van der Waals surface area (Å²) in [5.74, 6) is 0. The lowest BCUT2D eigenvalue weighted by Gasteiger charge is -2.60. The lowest BCUT2D eigenvalue weighted by Crippen LogP contribution is -2.71. The summed E-state index contributed by atoms with van der Waals surface area (Å²) in [5.41, 5.74) is 1.15. The highest BCUT2D eigenvalue weighted by molar-refractivity contribution is 5.10. The molecule has 1 saturated carbocycles. The molecule has 0 spiro atoms. The Balaban J connectivity index is 2.17. The van der Waals surface area contributed by atoms with Crippen LogP contribution in [-0.2, 0) is 0 Å². The molecule has 0 aromatic heterocycles. The van der Waals surface area contributed by atoms with E-state index in [4.69, 9.17) is 0 Å². The Morgan fingerprint density at radius 3 is 2.10 bits per heavy atom. The SMILES string of the molecule is C[C@]12CCCC[C@]1(C)NC2. The highest BCUT2D eigenvalue weighted by atomic mass is 15.1. The van der Waals surface area contributed by atoms with Crippen LogP contribution in [0.2, 0.25) is 0 Å². The van der Waals surface area contributed by atoms with Crippen LogP contribution in [0.4, 0.5) is 0 Å². The van der Waals surface area contributed by atoms with E-state index in [1.165, 1.54) is 32.2 Å². The molecule has 1 nitrogen and oxygen atoms in total. The Kier molecular flexibility index (Phi) is 1.17. The maximum absolute atomic E-state index is 3.56. The van der Waals surface area contributed by atoms with Crippen LogP contribution in [0.3, 0.4) is 0 Å². The Labute approximate surface area is 63.2 Å². The predicted octanol–water partition coefficient (Wildman–Crippen LogP) is 1.93. The van der Waals surface area contributed by atoms with Gasteiger partial charge in [0.2, 0.25) is 0 Å². The van der Waals surface area contributed by atoms with Crippen molar-refractivity contribution in [1.82, 2.24) is 5.32 Å². The number of nitrogens with one attached hydrogen (secondary N) is 1. The number of hydrogen-bond donors (Lipinski definition) is 1. The van der Waals surface area contributed by atoms with Crippen LogP contribution in [0.5, 0.6) is 0 Å². The second kappa shape index (κ2) is 1.76. The summed E-state index contributed by atoms with van der Waals surface area (Å²) >= 11 is 0. The smallest absolute Gasteiger partial charge is 0.0219 e. The van der Waals surface area contributed by atoms with E-state index in [0.717, 1.165) is 0 Å². The molecule has 2 rings (SSSR count). The first-order chi connectivity index (χ1) is 4.66. The molecule has 1 aliphatic heterocycles. The second-order valence-corrected chi connectivity index (χ2v) is 4.45. The molecule has 1 aliphatic carbocycles. The third-order valence-electron chi connectivity index (χ3n) is 3.86. The van der Waals surface area contributed by atoms with Gasteiger partial charge in [-0.25, -0.2) is 0 Å². The molecule has 0 bridgehead atoms. The standard InChI is InChI=1S/C9H17N/c1-8-5-3-4-6-9(8,2)10-7-8/h10H,3-7H2,1-2H3/t8-,9+/m1/s1. The lowest BCUT2D eigenvalue weighted by molar-refractivity contribution is -0.0278. The molecular weight excluding hydrogens is 122 g/mol. The van der Waals surface area contributed by atoms with Crippen LogP contribution in [0.15, 0.2) is 0 Å². The molecule has 10 heavy (non-hydrogen) atoms. The van der Waals surface area contributed by atoms with E-state index in [0.29, 0.717) is 11.0 Å². The lowest BCUT2D eigenvalue weighted by atomic mass is 9.57. The third kappa shape index (κ3) is 0.619. The zero-order valence-electron chi connectivity index (χ0n) is 7.04. The molecule has 2 atom stereocenters. The average Bonchev–Trinajstić information content (AvgIpc) is 1.92. The van der Waals surface area contributed by atoms with Gasteiger partial charge in [0.05, 0.1) is 0 Å². The van der Waals surface area contributed by atoms with Crippen LogP contribution < -0.4 is 5.32 Å². The van der Waals surface area contributed by atoms with Crippen molar-refractivity contribution < 1.29 is 0 Å².